The second-order valence-corrected chi connectivity index (χ2v) is 7.61. The molecule has 5 nitrogen and oxygen atoms in total. The van der Waals surface area contributed by atoms with E-state index in [9.17, 15) is 13.2 Å². The summed E-state index contributed by atoms with van der Waals surface area (Å²) in [6.07, 6.45) is 4.00. The summed E-state index contributed by atoms with van der Waals surface area (Å²) in [5.41, 5.74) is 0.736. The number of hydrogen-bond acceptors (Lipinski definition) is 4. The Labute approximate surface area is 125 Å². The molecule has 1 aliphatic heterocycles. The van der Waals surface area contributed by atoms with Gasteiger partial charge in [0.05, 0.1) is 10.6 Å². The summed E-state index contributed by atoms with van der Waals surface area (Å²) in [4.78, 5) is 13.1. The monoisotopic (exact) mass is 311 g/mol. The SMILES string of the molecule is CS(=O)(=O)c1ccccc1N1CCCC(CCC(=O)O)C1. The molecule has 1 fully saturated rings. The number of anilines is 1. The number of sulfone groups is 1. The molecule has 0 spiro atoms. The average Bonchev–Trinajstić information content (AvgIpc) is 2.44. The zero-order chi connectivity index (χ0) is 15.5. The first kappa shape index (κ1) is 15.8. The van der Waals surface area contributed by atoms with E-state index in [0.29, 0.717) is 17.2 Å². The maximum Gasteiger partial charge on any atom is 0.303 e. The van der Waals surface area contributed by atoms with Crippen LogP contribution < -0.4 is 4.90 Å². The molecule has 1 aromatic carbocycles. The van der Waals surface area contributed by atoms with Gasteiger partial charge in [0, 0.05) is 25.8 Å². The van der Waals surface area contributed by atoms with E-state index in [0.717, 1.165) is 31.6 Å². The Bertz CT molecular complexity index is 612. The highest BCUT2D eigenvalue weighted by atomic mass is 32.2. The minimum atomic E-state index is -3.26. The largest absolute Gasteiger partial charge is 0.481 e. The fourth-order valence-electron chi connectivity index (χ4n) is 2.88. The summed E-state index contributed by atoms with van der Waals surface area (Å²) in [5, 5.41) is 8.78. The number of carboxylic acid groups (broad SMARTS) is 1. The lowest BCUT2D eigenvalue weighted by Gasteiger charge is -2.35. The number of hydrogen-bond donors (Lipinski definition) is 1. The maximum absolute atomic E-state index is 11.9. The Morgan fingerprint density at radius 3 is 2.76 bits per heavy atom. The molecular weight excluding hydrogens is 290 g/mol. The number of rotatable bonds is 5. The summed E-state index contributed by atoms with van der Waals surface area (Å²) in [6.45, 7) is 1.54. The van der Waals surface area contributed by atoms with E-state index in [2.05, 4.69) is 4.90 Å². The number of carbonyl (C=O) groups is 1. The van der Waals surface area contributed by atoms with Gasteiger partial charge < -0.3 is 10.0 Å². The van der Waals surface area contributed by atoms with Crippen molar-refractivity contribution in [1.29, 1.82) is 0 Å². The van der Waals surface area contributed by atoms with Gasteiger partial charge in [0.15, 0.2) is 9.84 Å². The Hall–Kier alpha value is -1.56. The van der Waals surface area contributed by atoms with Gasteiger partial charge >= 0.3 is 5.97 Å². The summed E-state index contributed by atoms with van der Waals surface area (Å²) >= 11 is 0. The van der Waals surface area contributed by atoms with Crippen molar-refractivity contribution in [2.45, 2.75) is 30.6 Å². The van der Waals surface area contributed by atoms with Gasteiger partial charge in [0.25, 0.3) is 0 Å². The van der Waals surface area contributed by atoms with Crippen molar-refractivity contribution >= 4 is 21.5 Å². The number of para-hydroxylation sites is 1. The van der Waals surface area contributed by atoms with Crippen molar-refractivity contribution in [3.63, 3.8) is 0 Å². The third kappa shape index (κ3) is 4.20. The highest BCUT2D eigenvalue weighted by molar-refractivity contribution is 7.90. The Balaban J connectivity index is 2.17. The second-order valence-electron chi connectivity index (χ2n) is 5.63. The molecule has 1 saturated heterocycles. The summed E-state index contributed by atoms with van der Waals surface area (Å²) in [7, 11) is -3.26. The normalized spacial score (nSPS) is 19.5. The van der Waals surface area contributed by atoms with Crippen LogP contribution in [0.3, 0.4) is 0 Å². The predicted octanol–water partition coefficient (Wildman–Crippen LogP) is 2.17. The van der Waals surface area contributed by atoms with Crippen LogP contribution in [0.4, 0.5) is 5.69 Å². The van der Waals surface area contributed by atoms with Gasteiger partial charge in [-0.15, -0.1) is 0 Å². The minimum Gasteiger partial charge on any atom is -0.481 e. The average molecular weight is 311 g/mol. The molecule has 2 rings (SSSR count). The maximum atomic E-state index is 11.9. The van der Waals surface area contributed by atoms with Crippen LogP contribution in [-0.4, -0.2) is 38.8 Å². The summed E-state index contributed by atoms with van der Waals surface area (Å²) < 4.78 is 23.8. The van der Waals surface area contributed by atoms with Gasteiger partial charge in [0.1, 0.15) is 0 Å². The molecule has 0 aromatic heterocycles. The van der Waals surface area contributed by atoms with E-state index in [1.54, 1.807) is 12.1 Å². The van der Waals surface area contributed by atoms with Crippen LogP contribution in [0.1, 0.15) is 25.7 Å². The Kier molecular flexibility index (Phi) is 4.88. The van der Waals surface area contributed by atoms with Crippen LogP contribution in [0, 0.1) is 5.92 Å². The lowest BCUT2D eigenvalue weighted by Crippen LogP contribution is -2.36. The molecule has 1 atom stereocenters. The number of nitrogens with zero attached hydrogens (tertiary/aromatic N) is 1. The van der Waals surface area contributed by atoms with E-state index in [-0.39, 0.29) is 6.42 Å². The molecule has 1 heterocycles. The van der Waals surface area contributed by atoms with Gasteiger partial charge in [-0.2, -0.15) is 0 Å². The van der Waals surface area contributed by atoms with Gasteiger partial charge in [-0.1, -0.05) is 12.1 Å². The van der Waals surface area contributed by atoms with Gasteiger partial charge in [0.2, 0.25) is 0 Å². The quantitative estimate of drug-likeness (QED) is 0.902. The Morgan fingerprint density at radius 2 is 2.10 bits per heavy atom. The summed E-state index contributed by atoms with van der Waals surface area (Å²) in [5.74, 6) is -0.467. The first-order valence-electron chi connectivity index (χ1n) is 7.14. The molecule has 1 aliphatic rings. The molecule has 0 amide bonds. The van der Waals surface area contributed by atoms with Crippen molar-refractivity contribution in [2.75, 3.05) is 24.2 Å². The highest BCUT2D eigenvalue weighted by Gasteiger charge is 2.24. The first-order chi connectivity index (χ1) is 9.88. The van der Waals surface area contributed by atoms with E-state index < -0.39 is 15.8 Å². The molecule has 21 heavy (non-hydrogen) atoms. The molecule has 0 bridgehead atoms. The van der Waals surface area contributed by atoms with Crippen molar-refractivity contribution < 1.29 is 18.3 Å². The molecule has 0 aliphatic carbocycles. The highest BCUT2D eigenvalue weighted by Crippen LogP contribution is 2.30. The molecule has 1 N–H and O–H groups in total. The van der Waals surface area contributed by atoms with Crippen molar-refractivity contribution in [3.05, 3.63) is 24.3 Å². The third-order valence-corrected chi connectivity index (χ3v) is 5.04. The van der Waals surface area contributed by atoms with Crippen LogP contribution in [0.2, 0.25) is 0 Å². The van der Waals surface area contributed by atoms with Crippen molar-refractivity contribution in [3.8, 4) is 0 Å². The number of aliphatic carboxylic acids is 1. The fraction of sp³-hybridized carbons (Fsp3) is 0.533. The standard InChI is InChI=1S/C15H21NO4S/c1-21(19,20)14-7-3-2-6-13(14)16-10-4-5-12(11-16)8-9-15(17)18/h2-3,6-7,12H,4-5,8-11H2,1H3,(H,17,18). The predicted molar refractivity (Wildman–Crippen MR) is 81.4 cm³/mol. The third-order valence-electron chi connectivity index (χ3n) is 3.89. The number of benzene rings is 1. The molecule has 116 valence electrons. The van der Waals surface area contributed by atoms with Gasteiger partial charge in [-0.05, 0) is 37.3 Å². The topological polar surface area (TPSA) is 74.7 Å². The van der Waals surface area contributed by atoms with E-state index in [4.69, 9.17) is 5.11 Å². The molecule has 0 radical (unpaired) electrons. The number of piperidine rings is 1. The molecule has 1 unspecified atom stereocenters. The van der Waals surface area contributed by atoms with Crippen LogP contribution in [0.25, 0.3) is 0 Å². The van der Waals surface area contributed by atoms with E-state index >= 15 is 0 Å². The fourth-order valence-corrected chi connectivity index (χ4v) is 3.78. The number of carboxylic acids is 1. The zero-order valence-electron chi connectivity index (χ0n) is 12.2. The van der Waals surface area contributed by atoms with E-state index in [1.165, 1.54) is 6.26 Å². The Morgan fingerprint density at radius 1 is 1.38 bits per heavy atom. The van der Waals surface area contributed by atoms with Crippen molar-refractivity contribution in [2.24, 2.45) is 5.92 Å². The van der Waals surface area contributed by atoms with Crippen molar-refractivity contribution in [1.82, 2.24) is 0 Å². The molecule has 6 heteroatoms. The van der Waals surface area contributed by atoms with Gasteiger partial charge in [-0.25, -0.2) is 8.42 Å². The zero-order valence-corrected chi connectivity index (χ0v) is 13.0. The minimum absolute atomic E-state index is 0.173. The first-order valence-corrected chi connectivity index (χ1v) is 9.03. The second kappa shape index (κ2) is 6.47. The lowest BCUT2D eigenvalue weighted by atomic mass is 9.93. The molecule has 0 saturated carbocycles. The van der Waals surface area contributed by atoms with Crippen LogP contribution in [0.15, 0.2) is 29.2 Å². The lowest BCUT2D eigenvalue weighted by molar-refractivity contribution is -0.137. The molecular formula is C15H21NO4S. The molecule has 1 aromatic rings. The van der Waals surface area contributed by atoms with Gasteiger partial charge in [-0.3, -0.25) is 4.79 Å². The smallest absolute Gasteiger partial charge is 0.303 e. The van der Waals surface area contributed by atoms with Crippen LogP contribution >= 0.6 is 0 Å². The van der Waals surface area contributed by atoms with E-state index in [1.807, 2.05) is 12.1 Å². The van der Waals surface area contributed by atoms with Crippen LogP contribution in [-0.2, 0) is 14.6 Å². The van der Waals surface area contributed by atoms with Crippen LogP contribution in [0.5, 0.6) is 0 Å². The summed E-state index contributed by atoms with van der Waals surface area (Å²) in [6, 6.07) is 7.03.